The Labute approximate surface area is 634 Å². The molecule has 552 valence electrons. The Hall–Kier alpha value is -8.28. The highest BCUT2D eigenvalue weighted by Gasteiger charge is 2.34. The Morgan fingerprint density at radius 2 is 0.471 bits per heavy atom. The molecular weight excluding hydrogens is 1390 g/mol. The SMILES string of the molecule is COc1cc(C2CCC(C(C)C(=O)Nc3ccc(Cl)cc3)CC2)ccn1.COc1cc(C2CCC(C(C)C(=O)Nc3ccc(Cl)cc3)CC2)ccn1.COc1cc(C2CCC([C@@H](C)C(=O)Nc3ccc(Cl)cc3)CC2)ccn1.COc1cc(C2CCC([C@H](C)C(=O)Nc3ccc(Cl)cc3)CC2)ccn1. The highest BCUT2D eigenvalue weighted by molar-refractivity contribution is 6.31. The van der Waals surface area contributed by atoms with Gasteiger partial charge >= 0.3 is 0 Å². The van der Waals surface area contributed by atoms with Crippen LogP contribution in [-0.2, 0) is 19.2 Å². The highest BCUT2D eigenvalue weighted by Crippen LogP contribution is 2.44. The van der Waals surface area contributed by atoms with E-state index >= 15 is 0 Å². The third-order valence-corrected chi connectivity index (χ3v) is 22.8. The zero-order valence-electron chi connectivity index (χ0n) is 61.0. The minimum atomic E-state index is -0.00129. The van der Waals surface area contributed by atoms with Crippen molar-refractivity contribution in [2.45, 2.75) is 154 Å². The number of methoxy groups -OCH3 is 4. The second-order valence-electron chi connectivity index (χ2n) is 28.1. The first-order valence-corrected chi connectivity index (χ1v) is 38.0. The fourth-order valence-corrected chi connectivity index (χ4v) is 15.5. The van der Waals surface area contributed by atoms with Crippen LogP contribution in [0.15, 0.2) is 170 Å². The number of rotatable bonds is 20. The number of nitrogens with zero attached hydrogens (tertiary/aromatic N) is 4. The Morgan fingerprint density at radius 1 is 0.298 bits per heavy atom. The maximum atomic E-state index is 12.6. The number of aromatic nitrogens is 4. The van der Waals surface area contributed by atoms with E-state index in [0.717, 1.165) is 125 Å². The van der Waals surface area contributed by atoms with Gasteiger partial charge in [-0.25, -0.2) is 19.9 Å². The minimum Gasteiger partial charge on any atom is -0.481 e. The van der Waals surface area contributed by atoms with Crippen LogP contribution in [0, 0.1) is 47.3 Å². The van der Waals surface area contributed by atoms with Crippen molar-refractivity contribution >= 4 is 92.8 Å². The molecule has 12 rings (SSSR count). The Kier molecular flexibility index (Phi) is 30.9. The Balaban J connectivity index is 0.000000161. The van der Waals surface area contributed by atoms with Gasteiger partial charge in [-0.3, -0.25) is 19.2 Å². The fraction of sp³-hybridized carbons (Fsp3) is 0.429. The van der Waals surface area contributed by atoms with Crippen molar-refractivity contribution in [2.75, 3.05) is 49.7 Å². The van der Waals surface area contributed by atoms with Crippen molar-refractivity contribution in [3.63, 3.8) is 0 Å². The van der Waals surface area contributed by atoms with Gasteiger partial charge in [0.05, 0.1) is 28.4 Å². The van der Waals surface area contributed by atoms with Crippen LogP contribution in [0.2, 0.25) is 20.1 Å². The molecule has 4 fully saturated rings. The lowest BCUT2D eigenvalue weighted by atomic mass is 9.74. The summed E-state index contributed by atoms with van der Waals surface area (Å²) in [5.74, 6) is 6.77. The predicted molar refractivity (Wildman–Crippen MR) is 419 cm³/mol. The summed E-state index contributed by atoms with van der Waals surface area (Å²) in [5, 5.41) is 14.7. The van der Waals surface area contributed by atoms with Crippen LogP contribution in [0.1, 0.15) is 176 Å². The fourth-order valence-electron chi connectivity index (χ4n) is 15.0. The summed E-state index contributed by atoms with van der Waals surface area (Å²) in [5.41, 5.74) is 8.32. The first-order valence-electron chi connectivity index (χ1n) is 36.5. The third kappa shape index (κ3) is 23.9. The predicted octanol–water partition coefficient (Wildman–Crippen LogP) is 21.2. The summed E-state index contributed by atoms with van der Waals surface area (Å²) in [7, 11) is 6.57. The summed E-state index contributed by atoms with van der Waals surface area (Å²) >= 11 is 23.6. The Morgan fingerprint density at radius 3 is 0.635 bits per heavy atom. The molecule has 0 saturated heterocycles. The number of ether oxygens (including phenoxy) is 4. The average Bonchev–Trinajstić information content (AvgIpc) is 0.856. The molecule has 104 heavy (non-hydrogen) atoms. The van der Waals surface area contributed by atoms with E-state index in [1.165, 1.54) is 22.3 Å². The zero-order chi connectivity index (χ0) is 74.1. The quantitative estimate of drug-likeness (QED) is 0.0563. The van der Waals surface area contributed by atoms with Gasteiger partial charge in [-0.15, -0.1) is 0 Å². The Bertz CT molecular complexity index is 3480. The lowest BCUT2D eigenvalue weighted by molar-refractivity contribution is -0.122. The smallest absolute Gasteiger partial charge is 0.227 e. The average molecular weight is 1490 g/mol. The third-order valence-electron chi connectivity index (χ3n) is 21.8. The van der Waals surface area contributed by atoms with Crippen molar-refractivity contribution in [3.05, 3.63) is 213 Å². The molecule has 4 aliphatic rings. The second kappa shape index (κ2) is 40.3. The summed E-state index contributed by atoms with van der Waals surface area (Å²) in [6, 6.07) is 45.4. The van der Waals surface area contributed by atoms with E-state index in [4.69, 9.17) is 65.4 Å². The molecule has 4 saturated carbocycles. The highest BCUT2D eigenvalue weighted by atomic mass is 35.5. The van der Waals surface area contributed by atoms with Gasteiger partial charge < -0.3 is 40.2 Å². The van der Waals surface area contributed by atoms with Gasteiger partial charge in [-0.05, 0) is 294 Å². The molecule has 0 aliphatic heterocycles. The van der Waals surface area contributed by atoms with Crippen molar-refractivity contribution in [1.29, 1.82) is 0 Å². The minimum absolute atomic E-state index is 0.00129. The summed E-state index contributed by atoms with van der Waals surface area (Å²) in [4.78, 5) is 67.0. The number of hydrogen-bond donors (Lipinski definition) is 4. The number of halogens is 4. The largest absolute Gasteiger partial charge is 0.481 e. The zero-order valence-corrected chi connectivity index (χ0v) is 64.0. The van der Waals surface area contributed by atoms with Gasteiger partial charge in [0.2, 0.25) is 47.1 Å². The van der Waals surface area contributed by atoms with Crippen LogP contribution in [0.25, 0.3) is 0 Å². The molecule has 4 atom stereocenters. The monoisotopic (exact) mass is 1490 g/mol. The molecule has 4 aliphatic carbocycles. The van der Waals surface area contributed by atoms with Crippen LogP contribution in [0.4, 0.5) is 22.7 Å². The van der Waals surface area contributed by atoms with E-state index in [-0.39, 0.29) is 47.3 Å². The van der Waals surface area contributed by atoms with E-state index in [9.17, 15) is 19.2 Å². The number of carbonyl (C=O) groups is 4. The van der Waals surface area contributed by atoms with Crippen LogP contribution in [0.5, 0.6) is 23.5 Å². The molecule has 4 N–H and O–H groups in total. The number of anilines is 4. The second-order valence-corrected chi connectivity index (χ2v) is 29.9. The molecule has 0 radical (unpaired) electrons. The van der Waals surface area contributed by atoms with E-state index in [0.29, 0.717) is 91.0 Å². The van der Waals surface area contributed by atoms with Gasteiger partial charge in [0.1, 0.15) is 0 Å². The maximum absolute atomic E-state index is 12.6. The first-order chi connectivity index (χ1) is 50.3. The van der Waals surface area contributed by atoms with Gasteiger partial charge in [0, 0.05) is 116 Å². The maximum Gasteiger partial charge on any atom is 0.227 e. The molecule has 16 nitrogen and oxygen atoms in total. The van der Waals surface area contributed by atoms with Crippen LogP contribution in [-0.4, -0.2) is 72.0 Å². The number of benzene rings is 4. The summed E-state index contributed by atoms with van der Waals surface area (Å²) < 4.78 is 20.9. The molecule has 4 amide bonds. The number of amides is 4. The van der Waals surface area contributed by atoms with Gasteiger partial charge in [-0.2, -0.15) is 0 Å². The van der Waals surface area contributed by atoms with Crippen molar-refractivity contribution < 1.29 is 38.1 Å². The molecule has 2 unspecified atom stereocenters. The van der Waals surface area contributed by atoms with E-state index in [1.807, 2.05) is 125 Å². The standard InChI is InChI=1S/4C21H25ClN2O2/c4*1-14(21(25)24-19-9-7-18(22)8-10-19)15-3-5-16(6-4-15)17-11-12-23-20(13-17)26-2/h4*7-16H,3-6H2,1-2H3,(H,24,25)/t2*14-,15?,16?;;/m10../s1. The lowest BCUT2D eigenvalue weighted by Gasteiger charge is -2.32. The number of hydrogen-bond acceptors (Lipinski definition) is 12. The van der Waals surface area contributed by atoms with Gasteiger partial charge in [-0.1, -0.05) is 74.1 Å². The van der Waals surface area contributed by atoms with Crippen molar-refractivity contribution in [3.8, 4) is 23.5 Å². The molecule has 4 aromatic heterocycles. The molecule has 4 heterocycles. The number of carbonyl (C=O) groups excluding carboxylic acids is 4. The van der Waals surface area contributed by atoms with E-state index < -0.39 is 0 Å². The van der Waals surface area contributed by atoms with E-state index in [2.05, 4.69) is 65.5 Å². The summed E-state index contributed by atoms with van der Waals surface area (Å²) in [6.07, 6.45) is 24.5. The number of nitrogens with one attached hydrogen (secondary N) is 4. The van der Waals surface area contributed by atoms with Crippen LogP contribution >= 0.6 is 46.4 Å². The first kappa shape index (κ1) is 79.8. The lowest BCUT2D eigenvalue weighted by Crippen LogP contribution is -2.29. The van der Waals surface area contributed by atoms with Gasteiger partial charge in [0.15, 0.2) is 0 Å². The van der Waals surface area contributed by atoms with Crippen LogP contribution in [0.3, 0.4) is 0 Å². The number of pyridine rings is 4. The molecule has 20 heteroatoms. The topological polar surface area (TPSA) is 205 Å². The molecule has 8 aromatic rings. The van der Waals surface area contributed by atoms with Crippen molar-refractivity contribution in [2.24, 2.45) is 47.3 Å². The van der Waals surface area contributed by atoms with E-state index in [1.54, 1.807) is 77.0 Å². The molecule has 0 bridgehead atoms. The van der Waals surface area contributed by atoms with Crippen molar-refractivity contribution in [1.82, 2.24) is 19.9 Å². The normalized spacial score (nSPS) is 21.0. The molecule has 0 spiro atoms. The summed E-state index contributed by atoms with van der Waals surface area (Å²) in [6.45, 7) is 8.13. The molecule has 4 aromatic carbocycles. The van der Waals surface area contributed by atoms with Gasteiger partial charge in [0.25, 0.3) is 0 Å². The molecular formula is C84H100Cl4N8O8. The van der Waals surface area contributed by atoms with Crippen LogP contribution < -0.4 is 40.2 Å².